The van der Waals surface area contributed by atoms with Crippen molar-refractivity contribution in [3.8, 4) is 0 Å². The maximum atomic E-state index is 14.3. The minimum Gasteiger partial charge on any atom is -0.481 e. The fourth-order valence-corrected chi connectivity index (χ4v) is 5.83. The van der Waals surface area contributed by atoms with Gasteiger partial charge in [0.15, 0.2) is 9.84 Å². The molecule has 0 aliphatic heterocycles. The molecule has 1 aliphatic rings. The molecule has 1 atom stereocenters. The van der Waals surface area contributed by atoms with Gasteiger partial charge in [-0.1, -0.05) is 23.7 Å². The molecule has 8 nitrogen and oxygen atoms in total. The van der Waals surface area contributed by atoms with Crippen molar-refractivity contribution in [1.82, 2.24) is 9.55 Å². The summed E-state index contributed by atoms with van der Waals surface area (Å²) in [5.41, 5.74) is 3.16. The van der Waals surface area contributed by atoms with E-state index in [0.29, 0.717) is 35.3 Å². The topological polar surface area (TPSA) is 127 Å². The average molecular weight is 559 g/mol. The number of sulfone groups is 1. The predicted octanol–water partition coefficient (Wildman–Crippen LogP) is 5.17. The van der Waals surface area contributed by atoms with Gasteiger partial charge in [-0.15, -0.1) is 0 Å². The molecule has 4 aromatic rings. The Hall–Kier alpha value is -3.76. The second-order valence-electron chi connectivity index (χ2n) is 9.03. The number of halogens is 2. The molecule has 0 bridgehead atoms. The van der Waals surface area contributed by atoms with Gasteiger partial charge >= 0.3 is 11.9 Å². The molecule has 0 saturated heterocycles. The summed E-state index contributed by atoms with van der Waals surface area (Å²) in [5, 5.41) is 18.8. The van der Waals surface area contributed by atoms with Crippen LogP contribution in [0.4, 0.5) is 4.39 Å². The van der Waals surface area contributed by atoms with Crippen molar-refractivity contribution in [3.63, 3.8) is 0 Å². The number of aromatic carboxylic acids is 1. The molecule has 0 spiro atoms. The van der Waals surface area contributed by atoms with Gasteiger partial charge in [-0.05, 0) is 60.4 Å². The Bertz CT molecular complexity index is 1620. The van der Waals surface area contributed by atoms with E-state index < -0.39 is 27.6 Å². The van der Waals surface area contributed by atoms with Crippen molar-refractivity contribution in [2.24, 2.45) is 0 Å². The molecular formula is C27H24ClFN2O6S. The number of benzene rings is 2. The number of hydrogen-bond donors (Lipinski definition) is 2. The van der Waals surface area contributed by atoms with Crippen molar-refractivity contribution >= 4 is 44.3 Å². The number of carbonyl (C=O) groups is 2. The molecule has 11 heteroatoms. The third-order valence-electron chi connectivity index (χ3n) is 6.35. The standard InChI is InChI=1S/C21H19ClFNO4S.C6H5NO2/c1-29(27,28)18-10-15(23)9-17-16-7-4-13(8-19(25)26)20(16)24(21(17)18)11-12-2-5-14(22)6-3-12;8-6(9)5-2-1-3-7-4-5/h2-3,5-6,9-10,13H,4,7-8,11H2,1H3,(H,25,26);1-4H,(H,8,9)/t13-;/m1./s1. The van der Waals surface area contributed by atoms with E-state index in [9.17, 15) is 27.5 Å². The lowest BCUT2D eigenvalue weighted by molar-refractivity contribution is -0.137. The van der Waals surface area contributed by atoms with Crippen molar-refractivity contribution in [1.29, 1.82) is 0 Å². The van der Waals surface area contributed by atoms with Gasteiger partial charge in [-0.2, -0.15) is 0 Å². The van der Waals surface area contributed by atoms with Crippen LogP contribution in [-0.2, 0) is 27.6 Å². The Balaban J connectivity index is 0.000000317. The first-order chi connectivity index (χ1) is 18.0. The van der Waals surface area contributed by atoms with E-state index in [1.165, 1.54) is 24.5 Å². The molecule has 2 aromatic carbocycles. The van der Waals surface area contributed by atoms with E-state index in [1.54, 1.807) is 18.2 Å². The van der Waals surface area contributed by atoms with Crippen molar-refractivity contribution in [3.05, 3.63) is 94.1 Å². The highest BCUT2D eigenvalue weighted by molar-refractivity contribution is 7.91. The number of hydrogen-bond acceptors (Lipinski definition) is 5. The smallest absolute Gasteiger partial charge is 0.337 e. The van der Waals surface area contributed by atoms with E-state index in [1.807, 2.05) is 16.7 Å². The van der Waals surface area contributed by atoms with Crippen LogP contribution in [0.25, 0.3) is 10.9 Å². The van der Waals surface area contributed by atoms with Crippen LogP contribution in [0.2, 0.25) is 5.02 Å². The van der Waals surface area contributed by atoms with Crippen LogP contribution in [0.3, 0.4) is 0 Å². The maximum Gasteiger partial charge on any atom is 0.337 e. The SMILES string of the molecule is CS(=O)(=O)c1cc(F)cc2c3c(n(Cc4ccc(Cl)cc4)c12)[C@@H](CC(=O)O)CC3.O=C(O)c1cccnc1. The molecule has 0 saturated carbocycles. The first-order valence-electron chi connectivity index (χ1n) is 11.6. The molecule has 2 aromatic heterocycles. The van der Waals surface area contributed by atoms with Crippen LogP contribution < -0.4 is 0 Å². The Labute approximate surface area is 223 Å². The second kappa shape index (κ2) is 10.9. The number of pyridine rings is 1. The number of carboxylic acid groups (broad SMARTS) is 2. The molecular weight excluding hydrogens is 535 g/mol. The van der Waals surface area contributed by atoms with Gasteiger partial charge in [-0.25, -0.2) is 17.6 Å². The lowest BCUT2D eigenvalue weighted by atomic mass is 10.0. The van der Waals surface area contributed by atoms with E-state index >= 15 is 0 Å². The molecule has 0 fully saturated rings. The van der Waals surface area contributed by atoms with Gasteiger partial charge < -0.3 is 14.8 Å². The van der Waals surface area contributed by atoms with Crippen molar-refractivity contribution < 1.29 is 32.6 Å². The number of nitrogens with zero attached hydrogens (tertiary/aromatic N) is 2. The number of carboxylic acids is 2. The highest BCUT2D eigenvalue weighted by atomic mass is 35.5. The van der Waals surface area contributed by atoms with Gasteiger partial charge in [0.2, 0.25) is 0 Å². The molecule has 2 heterocycles. The number of fused-ring (bicyclic) bond motifs is 3. The third-order valence-corrected chi connectivity index (χ3v) is 7.71. The summed E-state index contributed by atoms with van der Waals surface area (Å²) < 4.78 is 41.0. The van der Waals surface area contributed by atoms with Crippen LogP contribution >= 0.6 is 11.6 Å². The van der Waals surface area contributed by atoms with Crippen LogP contribution in [0.1, 0.15) is 45.9 Å². The average Bonchev–Trinajstić information content (AvgIpc) is 3.39. The van der Waals surface area contributed by atoms with Gasteiger partial charge in [-0.3, -0.25) is 9.78 Å². The summed E-state index contributed by atoms with van der Waals surface area (Å²) >= 11 is 5.97. The Kier molecular flexibility index (Phi) is 7.84. The fraction of sp³-hybridized carbons (Fsp3) is 0.222. The molecule has 1 aliphatic carbocycles. The molecule has 0 unspecified atom stereocenters. The fourth-order valence-electron chi connectivity index (χ4n) is 4.81. The monoisotopic (exact) mass is 558 g/mol. The van der Waals surface area contributed by atoms with E-state index in [2.05, 4.69) is 4.98 Å². The summed E-state index contributed by atoms with van der Waals surface area (Å²) in [6.45, 7) is 0.341. The summed E-state index contributed by atoms with van der Waals surface area (Å²) in [5.74, 6) is -2.73. The summed E-state index contributed by atoms with van der Waals surface area (Å²) in [7, 11) is -3.70. The van der Waals surface area contributed by atoms with Gasteiger partial charge in [0.1, 0.15) is 5.82 Å². The van der Waals surface area contributed by atoms with Crippen LogP contribution in [0.15, 0.2) is 65.8 Å². The van der Waals surface area contributed by atoms with Crippen LogP contribution in [-0.4, -0.2) is 46.4 Å². The number of rotatable bonds is 6. The van der Waals surface area contributed by atoms with Crippen molar-refractivity contribution in [2.75, 3.05) is 6.26 Å². The molecule has 198 valence electrons. The number of aromatic nitrogens is 2. The van der Waals surface area contributed by atoms with Crippen LogP contribution in [0.5, 0.6) is 0 Å². The Morgan fingerprint density at radius 1 is 1.16 bits per heavy atom. The number of aliphatic carboxylic acids is 1. The third kappa shape index (κ3) is 5.87. The highest BCUT2D eigenvalue weighted by Crippen LogP contribution is 2.44. The van der Waals surface area contributed by atoms with Gasteiger partial charge in [0, 0.05) is 47.2 Å². The molecule has 0 amide bonds. The van der Waals surface area contributed by atoms with Gasteiger partial charge in [0.25, 0.3) is 0 Å². The predicted molar refractivity (Wildman–Crippen MR) is 140 cm³/mol. The lowest BCUT2D eigenvalue weighted by Gasteiger charge is -2.17. The van der Waals surface area contributed by atoms with Gasteiger partial charge in [0.05, 0.1) is 22.4 Å². The summed E-state index contributed by atoms with van der Waals surface area (Å²) in [6, 6.07) is 12.6. The zero-order valence-electron chi connectivity index (χ0n) is 20.3. The highest BCUT2D eigenvalue weighted by Gasteiger charge is 2.33. The largest absolute Gasteiger partial charge is 0.481 e. The summed E-state index contributed by atoms with van der Waals surface area (Å²) in [4.78, 5) is 25.1. The molecule has 5 rings (SSSR count). The zero-order chi connectivity index (χ0) is 27.6. The molecule has 2 N–H and O–H groups in total. The second-order valence-corrected chi connectivity index (χ2v) is 11.4. The minimum atomic E-state index is -3.70. The minimum absolute atomic E-state index is 0.0549. The first kappa shape index (κ1) is 27.3. The van der Waals surface area contributed by atoms with Crippen LogP contribution in [0, 0.1) is 5.82 Å². The van der Waals surface area contributed by atoms with E-state index in [0.717, 1.165) is 29.1 Å². The zero-order valence-corrected chi connectivity index (χ0v) is 21.8. The Morgan fingerprint density at radius 3 is 2.42 bits per heavy atom. The van der Waals surface area contributed by atoms with E-state index in [4.69, 9.17) is 16.7 Å². The van der Waals surface area contributed by atoms with E-state index in [-0.39, 0.29) is 22.8 Å². The lowest BCUT2D eigenvalue weighted by Crippen LogP contribution is -2.12. The quantitative estimate of drug-likeness (QED) is 0.334. The molecule has 0 radical (unpaired) electrons. The summed E-state index contributed by atoms with van der Waals surface area (Å²) in [6.07, 6.45) is 5.07. The first-order valence-corrected chi connectivity index (χ1v) is 13.9. The number of aryl methyl sites for hydroxylation is 1. The maximum absolute atomic E-state index is 14.3. The Morgan fingerprint density at radius 2 is 1.87 bits per heavy atom. The normalized spacial score (nSPS) is 14.6. The molecule has 38 heavy (non-hydrogen) atoms. The van der Waals surface area contributed by atoms with Crippen molar-refractivity contribution in [2.45, 2.75) is 36.6 Å².